The smallest absolute Gasteiger partial charge is 0.349 e. The number of rotatable bonds is 6. The van der Waals surface area contributed by atoms with E-state index in [2.05, 4.69) is 25.6 Å². The fraction of sp³-hybridized carbons (Fsp3) is 0.0800. The molecule has 0 saturated heterocycles. The van der Waals surface area contributed by atoms with Crippen molar-refractivity contribution in [2.75, 3.05) is 17.7 Å². The van der Waals surface area contributed by atoms with Gasteiger partial charge in [-0.1, -0.05) is 12.1 Å². The summed E-state index contributed by atoms with van der Waals surface area (Å²) < 4.78 is 12.4. The first-order valence-electron chi connectivity index (χ1n) is 10.6. The van der Waals surface area contributed by atoms with E-state index >= 15 is 0 Å². The van der Waals surface area contributed by atoms with Crippen molar-refractivity contribution in [2.45, 2.75) is 6.92 Å². The van der Waals surface area contributed by atoms with Gasteiger partial charge < -0.3 is 19.8 Å². The average molecular weight is 468 g/mol. The Morgan fingerprint density at radius 2 is 1.83 bits per heavy atom. The van der Waals surface area contributed by atoms with Crippen LogP contribution in [0.25, 0.3) is 16.8 Å². The molecule has 3 heterocycles. The van der Waals surface area contributed by atoms with Crippen molar-refractivity contribution in [3.63, 3.8) is 0 Å². The van der Waals surface area contributed by atoms with Gasteiger partial charge in [-0.15, -0.1) is 0 Å². The zero-order valence-electron chi connectivity index (χ0n) is 18.9. The van der Waals surface area contributed by atoms with Crippen LogP contribution < -0.4 is 21.0 Å². The quantitative estimate of drug-likeness (QED) is 0.357. The van der Waals surface area contributed by atoms with Crippen LogP contribution in [0.15, 0.2) is 82.5 Å². The number of hydrogen-bond donors (Lipinski definition) is 2. The van der Waals surface area contributed by atoms with E-state index in [1.165, 1.54) is 19.5 Å². The Balaban J connectivity index is 1.31. The first kappa shape index (κ1) is 21.8. The molecular weight excluding hydrogens is 448 g/mol. The minimum atomic E-state index is -0.745. The Labute approximate surface area is 199 Å². The van der Waals surface area contributed by atoms with Gasteiger partial charge in [-0.05, 0) is 43.3 Å². The summed E-state index contributed by atoms with van der Waals surface area (Å²) in [5, 5.41) is 6.51. The number of ether oxygens (including phenoxy) is 1. The lowest BCUT2D eigenvalue weighted by Crippen LogP contribution is -2.20. The average Bonchev–Trinajstić information content (AvgIpc) is 3.30. The number of hydrogen-bond acceptors (Lipinski definition) is 8. The summed E-state index contributed by atoms with van der Waals surface area (Å²) in [5.41, 5.74) is 0.722. The first-order chi connectivity index (χ1) is 17.0. The van der Waals surface area contributed by atoms with Crippen LogP contribution in [-0.2, 0) is 0 Å². The van der Waals surface area contributed by atoms with E-state index in [1.54, 1.807) is 54.7 Å². The largest absolute Gasteiger partial charge is 0.493 e. The molecule has 10 heteroatoms. The van der Waals surface area contributed by atoms with E-state index in [-0.39, 0.29) is 5.56 Å². The van der Waals surface area contributed by atoms with Gasteiger partial charge in [0.05, 0.1) is 7.11 Å². The van der Waals surface area contributed by atoms with Crippen molar-refractivity contribution in [1.82, 2.24) is 19.5 Å². The van der Waals surface area contributed by atoms with Crippen molar-refractivity contribution >= 4 is 34.1 Å². The summed E-state index contributed by atoms with van der Waals surface area (Å²) >= 11 is 0. The molecule has 3 aromatic heterocycles. The molecule has 0 radical (unpaired) electrons. The van der Waals surface area contributed by atoms with Gasteiger partial charge >= 0.3 is 5.63 Å². The highest BCUT2D eigenvalue weighted by molar-refractivity contribution is 6.05. The Morgan fingerprint density at radius 1 is 1.03 bits per heavy atom. The molecule has 0 aliphatic heterocycles. The van der Waals surface area contributed by atoms with Crippen LogP contribution in [0.4, 0.5) is 17.2 Å². The number of carbonyl (C=O) groups is 1. The summed E-state index contributed by atoms with van der Waals surface area (Å²) in [5.74, 6) is 1.96. The number of benzene rings is 2. The lowest BCUT2D eigenvalue weighted by atomic mass is 10.1. The van der Waals surface area contributed by atoms with Crippen LogP contribution in [0.1, 0.15) is 16.2 Å². The number of amides is 1. The highest BCUT2D eigenvalue weighted by Gasteiger charge is 2.16. The number of carbonyl (C=O) groups excluding carboxylic acids is 1. The first-order valence-corrected chi connectivity index (χ1v) is 10.6. The molecule has 0 aliphatic carbocycles. The van der Waals surface area contributed by atoms with Crippen LogP contribution in [0.3, 0.4) is 0 Å². The second-order valence-corrected chi connectivity index (χ2v) is 7.59. The van der Waals surface area contributed by atoms with Gasteiger partial charge in [0.25, 0.3) is 5.91 Å². The molecule has 10 nitrogen and oxygen atoms in total. The molecule has 2 N–H and O–H groups in total. The molecule has 0 spiro atoms. The second kappa shape index (κ2) is 9.10. The molecular formula is C25H20N6O4. The van der Waals surface area contributed by atoms with Crippen molar-refractivity contribution in [2.24, 2.45) is 0 Å². The van der Waals surface area contributed by atoms with Crippen molar-refractivity contribution in [1.29, 1.82) is 0 Å². The number of aromatic nitrogens is 4. The Bertz CT molecular complexity index is 1590. The number of fused-ring (bicyclic) bond motifs is 1. The highest BCUT2D eigenvalue weighted by Crippen LogP contribution is 2.25. The summed E-state index contributed by atoms with van der Waals surface area (Å²) in [6.45, 7) is 1.89. The number of para-hydroxylation sites is 1. The van der Waals surface area contributed by atoms with E-state index in [0.29, 0.717) is 34.0 Å². The number of methoxy groups -OCH3 is 1. The highest BCUT2D eigenvalue weighted by atomic mass is 16.5. The van der Waals surface area contributed by atoms with Crippen molar-refractivity contribution in [3.8, 4) is 11.6 Å². The summed E-state index contributed by atoms with van der Waals surface area (Å²) in [4.78, 5) is 37.9. The molecule has 0 bridgehead atoms. The predicted octanol–water partition coefficient (Wildman–Crippen LogP) is 4.08. The third kappa shape index (κ3) is 4.44. The van der Waals surface area contributed by atoms with Crippen LogP contribution in [0.2, 0.25) is 0 Å². The molecule has 5 rings (SSSR count). The van der Waals surface area contributed by atoms with Gasteiger partial charge in [-0.3, -0.25) is 9.36 Å². The summed E-state index contributed by atoms with van der Waals surface area (Å²) in [6.07, 6.45) is 5.00. The number of nitrogens with one attached hydrogen (secondary N) is 2. The minimum absolute atomic E-state index is 0.101. The zero-order chi connectivity index (χ0) is 24.4. The van der Waals surface area contributed by atoms with E-state index < -0.39 is 11.5 Å². The maximum atomic E-state index is 12.7. The molecule has 5 aromatic rings. The third-order valence-electron chi connectivity index (χ3n) is 5.33. The number of aryl methyl sites for hydroxylation is 1. The van der Waals surface area contributed by atoms with Crippen molar-refractivity contribution < 1.29 is 13.9 Å². The monoisotopic (exact) mass is 468 g/mol. The van der Waals surface area contributed by atoms with Gasteiger partial charge in [-0.25, -0.2) is 19.7 Å². The number of imidazole rings is 1. The molecule has 0 atom stereocenters. The van der Waals surface area contributed by atoms with Gasteiger partial charge in [0.15, 0.2) is 11.3 Å². The van der Waals surface area contributed by atoms with Crippen molar-refractivity contribution in [3.05, 3.63) is 95.1 Å². The molecule has 0 fully saturated rings. The SMILES string of the molecule is COc1cccc2cc(C(=O)Nc3ccc(Nc4cc(-n5ccnc5C)ncn4)cc3)c(=O)oc12. The maximum Gasteiger partial charge on any atom is 0.349 e. The minimum Gasteiger partial charge on any atom is -0.493 e. The maximum absolute atomic E-state index is 12.7. The number of anilines is 3. The van der Waals surface area contributed by atoms with E-state index in [1.807, 2.05) is 17.7 Å². The molecule has 0 unspecified atom stereocenters. The third-order valence-corrected chi connectivity index (χ3v) is 5.33. The Kier molecular flexibility index (Phi) is 5.68. The van der Waals surface area contributed by atoms with E-state index in [4.69, 9.17) is 9.15 Å². The molecule has 35 heavy (non-hydrogen) atoms. The fourth-order valence-corrected chi connectivity index (χ4v) is 3.59. The van der Waals surface area contributed by atoms with E-state index in [0.717, 1.165) is 11.5 Å². The fourth-order valence-electron chi connectivity index (χ4n) is 3.59. The summed E-state index contributed by atoms with van der Waals surface area (Å²) in [7, 11) is 1.48. The molecule has 0 saturated carbocycles. The van der Waals surface area contributed by atoms with Crippen LogP contribution >= 0.6 is 0 Å². The van der Waals surface area contributed by atoms with Gasteiger partial charge in [0.1, 0.15) is 29.4 Å². The van der Waals surface area contributed by atoms with Gasteiger partial charge in [0.2, 0.25) is 0 Å². The predicted molar refractivity (Wildman–Crippen MR) is 131 cm³/mol. The standard InChI is InChI=1S/C25H20N6O4/c1-15-26-10-11-31(15)22-13-21(27-14-28-22)29-17-6-8-18(9-7-17)30-24(32)19-12-16-4-3-5-20(34-2)23(16)35-25(19)33/h3-14H,1-2H3,(H,30,32)(H,27,28,29). The normalized spacial score (nSPS) is 10.8. The van der Waals surface area contributed by atoms with Gasteiger partial charge in [0, 0.05) is 35.2 Å². The Hall–Kier alpha value is -4.99. The lowest BCUT2D eigenvalue weighted by molar-refractivity contribution is 0.102. The molecule has 174 valence electrons. The lowest BCUT2D eigenvalue weighted by Gasteiger charge is -2.10. The molecule has 1 amide bonds. The van der Waals surface area contributed by atoms with Crippen LogP contribution in [0, 0.1) is 6.92 Å². The van der Waals surface area contributed by atoms with Crippen LogP contribution in [0.5, 0.6) is 5.75 Å². The van der Waals surface area contributed by atoms with Crippen LogP contribution in [-0.4, -0.2) is 32.5 Å². The molecule has 0 aliphatic rings. The Morgan fingerprint density at radius 3 is 2.57 bits per heavy atom. The van der Waals surface area contributed by atoms with E-state index in [9.17, 15) is 9.59 Å². The zero-order valence-corrected chi connectivity index (χ0v) is 18.9. The van der Waals surface area contributed by atoms with Gasteiger partial charge in [-0.2, -0.15) is 0 Å². The number of nitrogens with zero attached hydrogens (tertiary/aromatic N) is 4. The topological polar surface area (TPSA) is 124 Å². The molecule has 2 aromatic carbocycles. The summed E-state index contributed by atoms with van der Waals surface area (Å²) in [6, 6.07) is 15.5. The second-order valence-electron chi connectivity index (χ2n) is 7.59.